The molecule has 0 aromatic heterocycles. The maximum atomic E-state index is 13.6. The van der Waals surface area contributed by atoms with Crippen LogP contribution in [0.2, 0.25) is 0 Å². The van der Waals surface area contributed by atoms with Crippen LogP contribution in [-0.4, -0.2) is 22.8 Å². The molecule has 0 bridgehead atoms. The van der Waals surface area contributed by atoms with Crippen LogP contribution in [0.15, 0.2) is 60.7 Å². The number of hydrogen-bond acceptors (Lipinski definition) is 3. The summed E-state index contributed by atoms with van der Waals surface area (Å²) >= 11 is 0. The number of carbonyl (C=O) groups excluding carboxylic acids is 1. The molecule has 29 heavy (non-hydrogen) atoms. The lowest BCUT2D eigenvalue weighted by Gasteiger charge is -2.42. The van der Waals surface area contributed by atoms with Crippen LogP contribution in [0.1, 0.15) is 63.5 Å². The summed E-state index contributed by atoms with van der Waals surface area (Å²) in [6, 6.07) is 20.3. The minimum Gasteiger partial charge on any atom is -0.459 e. The van der Waals surface area contributed by atoms with Crippen LogP contribution in [0.25, 0.3) is 0 Å². The molecule has 0 aliphatic heterocycles. The van der Waals surface area contributed by atoms with E-state index in [9.17, 15) is 9.90 Å². The molecule has 1 N–H and O–H groups in total. The molecule has 2 unspecified atom stereocenters. The SMILES string of the molecule is CC(C)[C@@H]1CC[C@@](C)(OC(=O)C2(c3ccccc3)CC2c2ccccc2)C[C@H]1O. The standard InChI is InChI=1S/C26H32O3/c1-18(2)21-14-15-25(3,17-23(21)27)29-24(28)26(20-12-8-5-9-13-20)16-22(26)19-10-6-4-7-11-19/h4-13,18,21-23,27H,14-17H2,1-3H3/t21-,22?,23+,25+,26?/m0/s1. The van der Waals surface area contributed by atoms with E-state index in [1.807, 2.05) is 55.5 Å². The lowest BCUT2D eigenvalue weighted by molar-refractivity contribution is -0.171. The molecule has 0 heterocycles. The van der Waals surface area contributed by atoms with Gasteiger partial charge in [-0.05, 0) is 49.1 Å². The summed E-state index contributed by atoms with van der Waals surface area (Å²) < 4.78 is 6.21. The van der Waals surface area contributed by atoms with Crippen LogP contribution >= 0.6 is 0 Å². The fourth-order valence-corrected chi connectivity index (χ4v) is 5.29. The van der Waals surface area contributed by atoms with E-state index < -0.39 is 17.1 Å². The quantitative estimate of drug-likeness (QED) is 0.709. The summed E-state index contributed by atoms with van der Waals surface area (Å²) in [5, 5.41) is 10.7. The Morgan fingerprint density at radius 3 is 2.24 bits per heavy atom. The van der Waals surface area contributed by atoms with Crippen molar-refractivity contribution in [1.82, 2.24) is 0 Å². The highest BCUT2D eigenvalue weighted by Crippen LogP contribution is 2.61. The van der Waals surface area contributed by atoms with Gasteiger partial charge in [-0.3, -0.25) is 4.79 Å². The van der Waals surface area contributed by atoms with Gasteiger partial charge in [0.15, 0.2) is 0 Å². The second kappa shape index (κ2) is 7.60. The summed E-state index contributed by atoms with van der Waals surface area (Å²) in [5.74, 6) is 0.712. The normalized spacial score (nSPS) is 34.0. The molecule has 0 radical (unpaired) electrons. The molecule has 2 aliphatic carbocycles. The van der Waals surface area contributed by atoms with Gasteiger partial charge in [0.25, 0.3) is 0 Å². The summed E-state index contributed by atoms with van der Waals surface area (Å²) in [4.78, 5) is 13.6. The summed E-state index contributed by atoms with van der Waals surface area (Å²) in [5.41, 5.74) is 0.986. The van der Waals surface area contributed by atoms with Crippen LogP contribution < -0.4 is 0 Å². The highest BCUT2D eigenvalue weighted by Gasteiger charge is 2.63. The average Bonchev–Trinajstić information content (AvgIpc) is 3.46. The van der Waals surface area contributed by atoms with Crippen molar-refractivity contribution in [2.75, 3.05) is 0 Å². The van der Waals surface area contributed by atoms with Gasteiger partial charge in [-0.1, -0.05) is 74.5 Å². The molecule has 2 aliphatic rings. The minimum atomic E-state index is -0.620. The van der Waals surface area contributed by atoms with E-state index in [4.69, 9.17) is 4.74 Å². The largest absolute Gasteiger partial charge is 0.459 e. The third-order valence-corrected chi connectivity index (χ3v) is 7.15. The molecule has 154 valence electrons. The molecule has 0 saturated heterocycles. The Hall–Kier alpha value is -2.13. The van der Waals surface area contributed by atoms with Gasteiger partial charge < -0.3 is 9.84 Å². The second-order valence-corrected chi connectivity index (χ2v) is 9.56. The number of hydrogen-bond donors (Lipinski definition) is 1. The predicted molar refractivity (Wildman–Crippen MR) is 115 cm³/mol. The molecule has 4 rings (SSSR count). The Bertz CT molecular complexity index is 847. The topological polar surface area (TPSA) is 46.5 Å². The van der Waals surface area contributed by atoms with E-state index in [0.29, 0.717) is 12.3 Å². The molecule has 5 atom stereocenters. The van der Waals surface area contributed by atoms with Crippen molar-refractivity contribution in [1.29, 1.82) is 0 Å². The van der Waals surface area contributed by atoms with Crippen LogP contribution in [0.4, 0.5) is 0 Å². The summed E-state index contributed by atoms with van der Waals surface area (Å²) in [6.45, 7) is 6.30. The molecule has 2 fully saturated rings. The fourth-order valence-electron chi connectivity index (χ4n) is 5.29. The first kappa shape index (κ1) is 20.2. The number of ether oxygens (including phenoxy) is 1. The van der Waals surface area contributed by atoms with Crippen molar-refractivity contribution < 1.29 is 14.6 Å². The Kier molecular flexibility index (Phi) is 5.29. The molecule has 3 heteroatoms. The number of esters is 1. The Balaban J connectivity index is 1.58. The highest BCUT2D eigenvalue weighted by atomic mass is 16.6. The van der Waals surface area contributed by atoms with Gasteiger partial charge >= 0.3 is 5.97 Å². The molecular formula is C26H32O3. The zero-order chi connectivity index (χ0) is 20.6. The highest BCUT2D eigenvalue weighted by molar-refractivity contribution is 5.89. The monoisotopic (exact) mass is 392 g/mol. The zero-order valence-corrected chi connectivity index (χ0v) is 17.7. The molecular weight excluding hydrogens is 360 g/mol. The lowest BCUT2D eigenvalue weighted by atomic mass is 9.73. The second-order valence-electron chi connectivity index (χ2n) is 9.56. The molecule has 3 nitrogen and oxygen atoms in total. The third kappa shape index (κ3) is 3.73. The first-order valence-corrected chi connectivity index (χ1v) is 10.9. The summed E-state index contributed by atoms with van der Waals surface area (Å²) in [7, 11) is 0. The van der Waals surface area contributed by atoms with Crippen molar-refractivity contribution in [3.8, 4) is 0 Å². The van der Waals surface area contributed by atoms with Gasteiger partial charge in [-0.2, -0.15) is 0 Å². The van der Waals surface area contributed by atoms with Crippen LogP contribution in [0, 0.1) is 11.8 Å². The number of aliphatic hydroxyl groups excluding tert-OH is 1. The van der Waals surface area contributed by atoms with E-state index in [0.717, 1.165) is 24.8 Å². The van der Waals surface area contributed by atoms with Crippen molar-refractivity contribution >= 4 is 5.97 Å². The van der Waals surface area contributed by atoms with Crippen molar-refractivity contribution in [2.24, 2.45) is 11.8 Å². The van der Waals surface area contributed by atoms with Crippen LogP contribution in [0.3, 0.4) is 0 Å². The predicted octanol–water partition coefficient (Wildman–Crippen LogP) is 5.23. The van der Waals surface area contributed by atoms with E-state index in [1.54, 1.807) is 0 Å². The van der Waals surface area contributed by atoms with Gasteiger partial charge in [0.1, 0.15) is 11.0 Å². The van der Waals surface area contributed by atoms with Crippen LogP contribution in [0.5, 0.6) is 0 Å². The Labute approximate surface area is 174 Å². The van der Waals surface area contributed by atoms with Crippen LogP contribution in [-0.2, 0) is 14.9 Å². The minimum absolute atomic E-state index is 0.138. The maximum Gasteiger partial charge on any atom is 0.317 e. The summed E-state index contributed by atoms with van der Waals surface area (Å²) in [6.07, 6.45) is 2.57. The van der Waals surface area contributed by atoms with E-state index in [2.05, 4.69) is 26.0 Å². The Morgan fingerprint density at radius 2 is 1.66 bits per heavy atom. The molecule has 2 aromatic carbocycles. The molecule has 0 spiro atoms. The number of rotatable bonds is 5. The third-order valence-electron chi connectivity index (χ3n) is 7.15. The molecule has 0 amide bonds. The smallest absolute Gasteiger partial charge is 0.317 e. The van der Waals surface area contributed by atoms with E-state index >= 15 is 0 Å². The van der Waals surface area contributed by atoms with Crippen molar-refractivity contribution in [3.63, 3.8) is 0 Å². The average molecular weight is 393 g/mol. The van der Waals surface area contributed by atoms with Gasteiger partial charge in [0.05, 0.1) is 6.10 Å². The van der Waals surface area contributed by atoms with Crippen molar-refractivity contribution in [3.05, 3.63) is 71.8 Å². The first-order chi connectivity index (χ1) is 13.9. The molecule has 2 saturated carbocycles. The molecule has 2 aromatic rings. The Morgan fingerprint density at radius 1 is 1.03 bits per heavy atom. The number of aliphatic hydroxyl groups is 1. The van der Waals surface area contributed by atoms with Gasteiger partial charge in [-0.15, -0.1) is 0 Å². The van der Waals surface area contributed by atoms with Gasteiger partial charge in [0, 0.05) is 12.3 Å². The number of carbonyl (C=O) groups is 1. The van der Waals surface area contributed by atoms with Gasteiger partial charge in [-0.25, -0.2) is 0 Å². The lowest BCUT2D eigenvalue weighted by Crippen LogP contribution is -2.46. The first-order valence-electron chi connectivity index (χ1n) is 10.9. The number of benzene rings is 2. The van der Waals surface area contributed by atoms with Crippen molar-refractivity contribution in [2.45, 2.75) is 69.5 Å². The van der Waals surface area contributed by atoms with E-state index in [1.165, 1.54) is 5.56 Å². The van der Waals surface area contributed by atoms with Gasteiger partial charge in [0.2, 0.25) is 0 Å². The maximum absolute atomic E-state index is 13.6. The van der Waals surface area contributed by atoms with E-state index in [-0.39, 0.29) is 17.8 Å². The zero-order valence-electron chi connectivity index (χ0n) is 17.7. The fraction of sp³-hybridized carbons (Fsp3) is 0.500.